The summed E-state index contributed by atoms with van der Waals surface area (Å²) in [5, 5.41) is 13.4. The Labute approximate surface area is 158 Å². The molecule has 0 spiro atoms. The predicted octanol–water partition coefficient (Wildman–Crippen LogP) is 2.90. The van der Waals surface area contributed by atoms with Crippen LogP contribution >= 0.6 is 0 Å². The summed E-state index contributed by atoms with van der Waals surface area (Å²) in [7, 11) is 0. The van der Waals surface area contributed by atoms with Crippen molar-refractivity contribution < 1.29 is 28.2 Å². The van der Waals surface area contributed by atoms with Gasteiger partial charge in [0.25, 0.3) is 0 Å². The minimum absolute atomic E-state index is 0.0142. The van der Waals surface area contributed by atoms with Crippen molar-refractivity contribution >= 4 is 5.97 Å². The lowest BCUT2D eigenvalue weighted by Crippen LogP contribution is -2.34. The number of carboxylic acids is 1. The van der Waals surface area contributed by atoms with Crippen LogP contribution < -0.4 is 0 Å². The van der Waals surface area contributed by atoms with E-state index in [1.807, 2.05) is 0 Å². The lowest BCUT2D eigenvalue weighted by Gasteiger charge is -2.29. The number of nitrogens with zero attached hydrogens (tertiary/aromatic N) is 3. The Hall–Kier alpha value is -3.17. The molecule has 2 atom stereocenters. The van der Waals surface area contributed by atoms with Gasteiger partial charge in [-0.3, -0.25) is 0 Å². The van der Waals surface area contributed by atoms with Gasteiger partial charge in [-0.15, -0.1) is 0 Å². The number of rotatable bonds is 5. The maximum absolute atomic E-state index is 14.6. The Balaban J connectivity index is 1.75. The van der Waals surface area contributed by atoms with Crippen LogP contribution in [0.5, 0.6) is 0 Å². The molecule has 9 heteroatoms. The van der Waals surface area contributed by atoms with E-state index < -0.39 is 29.5 Å². The summed E-state index contributed by atoms with van der Waals surface area (Å²) in [5.74, 6) is -4.31. The predicted molar refractivity (Wildman–Crippen MR) is 91.2 cm³/mol. The first kappa shape index (κ1) is 18.2. The summed E-state index contributed by atoms with van der Waals surface area (Å²) in [6.07, 6.45) is 1.95. The SMILES string of the molecule is O=C(O)c1ccccc1C1COC(Cn2cncn2)(c2ccc(F)cc2F)O1. The topological polar surface area (TPSA) is 86.5 Å². The number of aromatic carboxylic acids is 1. The van der Waals surface area contributed by atoms with E-state index in [0.717, 1.165) is 12.1 Å². The Morgan fingerprint density at radius 2 is 2.11 bits per heavy atom. The number of carbonyl (C=O) groups is 1. The van der Waals surface area contributed by atoms with Gasteiger partial charge in [0.15, 0.2) is 0 Å². The van der Waals surface area contributed by atoms with Gasteiger partial charge < -0.3 is 14.6 Å². The maximum Gasteiger partial charge on any atom is 0.336 e. The van der Waals surface area contributed by atoms with Gasteiger partial charge in [0, 0.05) is 11.6 Å². The van der Waals surface area contributed by atoms with Crippen LogP contribution in [0.25, 0.3) is 0 Å². The highest BCUT2D eigenvalue weighted by Crippen LogP contribution is 2.43. The fourth-order valence-electron chi connectivity index (χ4n) is 3.27. The van der Waals surface area contributed by atoms with E-state index in [1.165, 1.54) is 29.5 Å². The van der Waals surface area contributed by atoms with Crippen molar-refractivity contribution in [3.8, 4) is 0 Å². The molecular formula is C19H15F2N3O4. The fraction of sp³-hybridized carbons (Fsp3) is 0.211. The van der Waals surface area contributed by atoms with E-state index in [-0.39, 0.29) is 24.3 Å². The number of ether oxygens (including phenoxy) is 2. The first-order valence-corrected chi connectivity index (χ1v) is 8.40. The van der Waals surface area contributed by atoms with Crippen LogP contribution in [-0.2, 0) is 21.8 Å². The first-order valence-electron chi connectivity index (χ1n) is 8.40. The number of hydrogen-bond acceptors (Lipinski definition) is 5. The second-order valence-electron chi connectivity index (χ2n) is 6.28. The lowest BCUT2D eigenvalue weighted by atomic mass is 10.0. The summed E-state index contributed by atoms with van der Waals surface area (Å²) < 4.78 is 41.3. The van der Waals surface area contributed by atoms with Gasteiger partial charge in [-0.25, -0.2) is 23.2 Å². The minimum atomic E-state index is -1.62. The van der Waals surface area contributed by atoms with Crippen molar-refractivity contribution in [3.05, 3.63) is 83.4 Å². The van der Waals surface area contributed by atoms with E-state index in [4.69, 9.17) is 9.47 Å². The van der Waals surface area contributed by atoms with E-state index in [0.29, 0.717) is 5.56 Å². The van der Waals surface area contributed by atoms with Gasteiger partial charge in [0.05, 0.1) is 12.2 Å². The molecule has 1 aromatic heterocycles. The van der Waals surface area contributed by atoms with E-state index >= 15 is 0 Å². The molecule has 3 aromatic rings. The van der Waals surface area contributed by atoms with Gasteiger partial charge in [-0.05, 0) is 23.8 Å². The third kappa shape index (κ3) is 3.25. The van der Waals surface area contributed by atoms with Crippen LogP contribution in [0.2, 0.25) is 0 Å². The van der Waals surface area contributed by atoms with Crippen molar-refractivity contribution in [1.29, 1.82) is 0 Å². The summed E-state index contributed by atoms with van der Waals surface area (Å²) in [6, 6.07) is 9.44. The van der Waals surface area contributed by atoms with Gasteiger partial charge in [0.2, 0.25) is 5.79 Å². The molecule has 1 saturated heterocycles. The second kappa shape index (κ2) is 7.10. The third-order valence-electron chi connectivity index (χ3n) is 4.52. The quantitative estimate of drug-likeness (QED) is 0.725. The highest BCUT2D eigenvalue weighted by molar-refractivity contribution is 5.89. The average molecular weight is 387 g/mol. The summed E-state index contributed by atoms with van der Waals surface area (Å²) in [4.78, 5) is 15.4. The Bertz CT molecular complexity index is 1010. The molecule has 144 valence electrons. The third-order valence-corrected chi connectivity index (χ3v) is 4.52. The molecule has 2 unspecified atom stereocenters. The zero-order valence-electron chi connectivity index (χ0n) is 14.5. The van der Waals surface area contributed by atoms with Crippen molar-refractivity contribution in [2.75, 3.05) is 6.61 Å². The van der Waals surface area contributed by atoms with Crippen LogP contribution in [0.1, 0.15) is 27.6 Å². The van der Waals surface area contributed by atoms with Gasteiger partial charge in [-0.1, -0.05) is 18.2 Å². The van der Waals surface area contributed by atoms with Crippen LogP contribution in [0.4, 0.5) is 8.78 Å². The minimum Gasteiger partial charge on any atom is -0.478 e. The summed E-state index contributed by atoms with van der Waals surface area (Å²) >= 11 is 0. The largest absolute Gasteiger partial charge is 0.478 e. The fourth-order valence-corrected chi connectivity index (χ4v) is 3.27. The second-order valence-corrected chi connectivity index (χ2v) is 6.28. The molecule has 0 aliphatic carbocycles. The van der Waals surface area contributed by atoms with Crippen molar-refractivity contribution in [3.63, 3.8) is 0 Å². The van der Waals surface area contributed by atoms with Crippen LogP contribution in [0, 0.1) is 11.6 Å². The highest BCUT2D eigenvalue weighted by Gasteiger charge is 2.47. The van der Waals surface area contributed by atoms with Gasteiger partial charge in [0.1, 0.15) is 36.9 Å². The Morgan fingerprint density at radius 3 is 2.82 bits per heavy atom. The normalized spacial score (nSPS) is 21.7. The molecule has 1 N–H and O–H groups in total. The van der Waals surface area contributed by atoms with Crippen molar-refractivity contribution in [2.45, 2.75) is 18.4 Å². The molecular weight excluding hydrogens is 372 g/mol. The molecule has 0 amide bonds. The maximum atomic E-state index is 14.6. The average Bonchev–Trinajstić information content (AvgIpc) is 3.32. The monoisotopic (exact) mass is 387 g/mol. The number of aromatic nitrogens is 3. The molecule has 2 heterocycles. The standard InChI is InChI=1S/C19H15F2N3O4/c20-12-5-6-15(16(21)7-12)19(9-24-11-22-10-23-24)27-8-17(28-19)13-3-1-2-4-14(13)18(25)26/h1-7,10-11,17H,8-9H2,(H,25,26). The first-order chi connectivity index (χ1) is 13.5. The van der Waals surface area contributed by atoms with Crippen molar-refractivity contribution in [1.82, 2.24) is 14.8 Å². The molecule has 0 radical (unpaired) electrons. The number of benzene rings is 2. The molecule has 0 saturated carbocycles. The van der Waals surface area contributed by atoms with Gasteiger partial charge >= 0.3 is 5.97 Å². The number of hydrogen-bond donors (Lipinski definition) is 1. The van der Waals surface area contributed by atoms with Crippen LogP contribution in [0.3, 0.4) is 0 Å². The molecule has 7 nitrogen and oxygen atoms in total. The number of halogens is 2. The van der Waals surface area contributed by atoms with E-state index in [1.54, 1.807) is 18.2 Å². The summed E-state index contributed by atoms with van der Waals surface area (Å²) in [5.41, 5.74) is 0.449. The highest BCUT2D eigenvalue weighted by atomic mass is 19.1. The van der Waals surface area contributed by atoms with E-state index in [2.05, 4.69) is 10.1 Å². The Morgan fingerprint density at radius 1 is 1.29 bits per heavy atom. The molecule has 1 aliphatic rings. The molecule has 4 rings (SSSR count). The lowest BCUT2D eigenvalue weighted by molar-refractivity contribution is -0.191. The molecule has 2 aromatic carbocycles. The zero-order valence-corrected chi connectivity index (χ0v) is 14.5. The molecule has 0 bridgehead atoms. The smallest absolute Gasteiger partial charge is 0.336 e. The molecule has 1 fully saturated rings. The van der Waals surface area contributed by atoms with E-state index in [9.17, 15) is 18.7 Å². The Kier molecular flexibility index (Phi) is 4.62. The molecule has 1 aliphatic heterocycles. The van der Waals surface area contributed by atoms with Crippen LogP contribution in [-0.4, -0.2) is 32.4 Å². The van der Waals surface area contributed by atoms with Crippen molar-refractivity contribution in [2.24, 2.45) is 0 Å². The number of carboxylic acid groups (broad SMARTS) is 1. The zero-order chi connectivity index (χ0) is 19.7. The summed E-state index contributed by atoms with van der Waals surface area (Å²) in [6.45, 7) is -0.0723. The van der Waals surface area contributed by atoms with Gasteiger partial charge in [-0.2, -0.15) is 5.10 Å². The molecule has 28 heavy (non-hydrogen) atoms. The van der Waals surface area contributed by atoms with Crippen LogP contribution in [0.15, 0.2) is 55.1 Å².